The Kier molecular flexibility index (Phi) is 4.01. The van der Waals surface area contributed by atoms with Crippen LogP contribution in [0.25, 0.3) is 11.4 Å². The van der Waals surface area contributed by atoms with Crippen molar-refractivity contribution >= 4 is 11.6 Å². The second kappa shape index (κ2) is 6.10. The van der Waals surface area contributed by atoms with Gasteiger partial charge < -0.3 is 15.4 Å². The van der Waals surface area contributed by atoms with Crippen molar-refractivity contribution in [1.82, 2.24) is 9.97 Å². The van der Waals surface area contributed by atoms with Gasteiger partial charge in [-0.25, -0.2) is 9.97 Å². The van der Waals surface area contributed by atoms with Crippen LogP contribution in [0.5, 0.6) is 0 Å². The lowest BCUT2D eigenvalue weighted by Gasteiger charge is -2.32. The third-order valence-electron chi connectivity index (χ3n) is 3.80. The van der Waals surface area contributed by atoms with Crippen molar-refractivity contribution in [2.45, 2.75) is 18.9 Å². The largest absolute Gasteiger partial charge is 0.384 e. The molecule has 0 bridgehead atoms. The van der Waals surface area contributed by atoms with Crippen molar-refractivity contribution in [3.63, 3.8) is 0 Å². The first kappa shape index (κ1) is 13.8. The highest BCUT2D eigenvalue weighted by atomic mass is 16.5. The Labute approximate surface area is 124 Å². The number of nitrogens with two attached hydrogens (primary N) is 1. The molecule has 0 spiro atoms. The molecule has 2 heterocycles. The number of hydrogen-bond donors (Lipinski definition) is 1. The van der Waals surface area contributed by atoms with Gasteiger partial charge in [-0.2, -0.15) is 0 Å². The first-order valence-corrected chi connectivity index (χ1v) is 7.24. The molecule has 1 aliphatic heterocycles. The van der Waals surface area contributed by atoms with Gasteiger partial charge in [-0.3, -0.25) is 0 Å². The fraction of sp³-hybridized carbons (Fsp3) is 0.375. The van der Waals surface area contributed by atoms with Gasteiger partial charge >= 0.3 is 0 Å². The Balaban J connectivity index is 1.91. The summed E-state index contributed by atoms with van der Waals surface area (Å²) in [5.41, 5.74) is 6.94. The molecule has 2 N–H and O–H groups in total. The van der Waals surface area contributed by atoms with Crippen LogP contribution < -0.4 is 10.6 Å². The third-order valence-corrected chi connectivity index (χ3v) is 3.80. The van der Waals surface area contributed by atoms with Crippen molar-refractivity contribution in [3.05, 3.63) is 36.4 Å². The molecule has 2 aromatic rings. The molecule has 0 radical (unpaired) electrons. The smallest absolute Gasteiger partial charge is 0.163 e. The number of nitrogens with zero attached hydrogens (tertiary/aromatic N) is 3. The van der Waals surface area contributed by atoms with Crippen LogP contribution in [0.2, 0.25) is 0 Å². The molecule has 1 aromatic heterocycles. The highest BCUT2D eigenvalue weighted by molar-refractivity contribution is 5.60. The van der Waals surface area contributed by atoms with Gasteiger partial charge in [-0.05, 0) is 12.8 Å². The van der Waals surface area contributed by atoms with Crippen LogP contribution in [0.15, 0.2) is 36.4 Å². The van der Waals surface area contributed by atoms with Crippen molar-refractivity contribution < 1.29 is 4.74 Å². The van der Waals surface area contributed by atoms with Crippen LogP contribution >= 0.6 is 0 Å². The molecule has 5 heteroatoms. The maximum atomic E-state index is 5.96. The number of rotatable bonds is 3. The molecule has 0 amide bonds. The molecule has 1 aliphatic rings. The van der Waals surface area contributed by atoms with Gasteiger partial charge in [0.1, 0.15) is 11.6 Å². The summed E-state index contributed by atoms with van der Waals surface area (Å²) in [6, 6.07) is 11.8. The second-order valence-corrected chi connectivity index (χ2v) is 5.29. The first-order chi connectivity index (χ1) is 10.3. The highest BCUT2D eigenvalue weighted by Gasteiger charge is 2.21. The Morgan fingerprint density at radius 3 is 2.81 bits per heavy atom. The second-order valence-electron chi connectivity index (χ2n) is 5.29. The third kappa shape index (κ3) is 3.13. The zero-order valence-corrected chi connectivity index (χ0v) is 12.2. The van der Waals surface area contributed by atoms with E-state index in [0.29, 0.717) is 11.6 Å². The minimum atomic E-state index is 0.259. The van der Waals surface area contributed by atoms with E-state index < -0.39 is 0 Å². The summed E-state index contributed by atoms with van der Waals surface area (Å²) in [4.78, 5) is 11.2. The number of methoxy groups -OCH3 is 1. The molecule has 0 aliphatic carbocycles. The van der Waals surface area contributed by atoms with E-state index in [0.717, 1.165) is 37.3 Å². The van der Waals surface area contributed by atoms with Gasteiger partial charge in [0, 0.05) is 31.8 Å². The van der Waals surface area contributed by atoms with E-state index in [-0.39, 0.29) is 6.10 Å². The lowest BCUT2D eigenvalue weighted by Crippen LogP contribution is -2.39. The number of aromatic nitrogens is 2. The molecule has 21 heavy (non-hydrogen) atoms. The normalized spacial score (nSPS) is 18.7. The van der Waals surface area contributed by atoms with E-state index in [1.165, 1.54) is 0 Å². The van der Waals surface area contributed by atoms with Gasteiger partial charge in [0.15, 0.2) is 5.82 Å². The minimum absolute atomic E-state index is 0.259. The molecular formula is C16H20N4O. The van der Waals surface area contributed by atoms with Crippen molar-refractivity contribution in [1.29, 1.82) is 0 Å². The monoisotopic (exact) mass is 284 g/mol. The molecule has 5 nitrogen and oxygen atoms in total. The fourth-order valence-corrected chi connectivity index (χ4v) is 2.67. The van der Waals surface area contributed by atoms with Gasteiger partial charge in [-0.1, -0.05) is 30.3 Å². The topological polar surface area (TPSA) is 64.3 Å². The molecule has 1 saturated heterocycles. The van der Waals surface area contributed by atoms with E-state index in [2.05, 4.69) is 14.9 Å². The summed E-state index contributed by atoms with van der Waals surface area (Å²) in [5.74, 6) is 2.05. The molecular weight excluding hydrogens is 264 g/mol. The van der Waals surface area contributed by atoms with E-state index >= 15 is 0 Å². The Morgan fingerprint density at radius 2 is 2.05 bits per heavy atom. The fourth-order valence-electron chi connectivity index (χ4n) is 2.67. The summed E-state index contributed by atoms with van der Waals surface area (Å²) in [6.45, 7) is 1.83. The van der Waals surface area contributed by atoms with Crippen LogP contribution in [0, 0.1) is 0 Å². The van der Waals surface area contributed by atoms with Gasteiger partial charge in [0.05, 0.1) is 6.10 Å². The molecule has 110 valence electrons. The maximum Gasteiger partial charge on any atom is 0.163 e. The quantitative estimate of drug-likeness (QED) is 0.937. The van der Waals surface area contributed by atoms with Crippen LogP contribution in [0.3, 0.4) is 0 Å². The van der Waals surface area contributed by atoms with Crippen LogP contribution in [-0.4, -0.2) is 36.3 Å². The molecule has 1 fully saturated rings. The summed E-state index contributed by atoms with van der Waals surface area (Å²) in [6.07, 6.45) is 2.46. The van der Waals surface area contributed by atoms with Crippen molar-refractivity contribution in [2.24, 2.45) is 0 Å². The average Bonchev–Trinajstić information content (AvgIpc) is 2.55. The van der Waals surface area contributed by atoms with E-state index in [4.69, 9.17) is 10.5 Å². The molecule has 1 aromatic carbocycles. The zero-order chi connectivity index (χ0) is 14.7. The summed E-state index contributed by atoms with van der Waals surface area (Å²) >= 11 is 0. The SMILES string of the molecule is COC1CCCN(c2cc(N)nc(-c3ccccc3)n2)C1. The number of nitrogen functional groups attached to an aromatic ring is 1. The first-order valence-electron chi connectivity index (χ1n) is 7.24. The number of hydrogen-bond acceptors (Lipinski definition) is 5. The predicted molar refractivity (Wildman–Crippen MR) is 84.1 cm³/mol. The Morgan fingerprint density at radius 1 is 1.24 bits per heavy atom. The Hall–Kier alpha value is -2.14. The lowest BCUT2D eigenvalue weighted by molar-refractivity contribution is 0.0891. The number of piperidine rings is 1. The van der Waals surface area contributed by atoms with Crippen molar-refractivity contribution in [3.8, 4) is 11.4 Å². The lowest BCUT2D eigenvalue weighted by atomic mass is 10.1. The molecule has 1 atom stereocenters. The van der Waals surface area contributed by atoms with Crippen LogP contribution in [0.4, 0.5) is 11.6 Å². The van der Waals surface area contributed by atoms with Crippen LogP contribution in [-0.2, 0) is 4.74 Å². The van der Waals surface area contributed by atoms with Gasteiger partial charge in [-0.15, -0.1) is 0 Å². The standard InChI is InChI=1S/C16H20N4O/c1-21-13-8-5-9-20(11-13)15-10-14(17)18-16(19-15)12-6-3-2-4-7-12/h2-4,6-7,10,13H,5,8-9,11H2,1H3,(H2,17,18,19). The minimum Gasteiger partial charge on any atom is -0.384 e. The number of benzene rings is 1. The summed E-state index contributed by atoms with van der Waals surface area (Å²) in [7, 11) is 1.76. The van der Waals surface area contributed by atoms with E-state index in [9.17, 15) is 0 Å². The van der Waals surface area contributed by atoms with Gasteiger partial charge in [0.25, 0.3) is 0 Å². The van der Waals surface area contributed by atoms with E-state index in [1.807, 2.05) is 36.4 Å². The molecule has 3 rings (SSSR count). The predicted octanol–water partition coefficient (Wildman–Crippen LogP) is 2.34. The Bertz CT molecular complexity index is 602. The summed E-state index contributed by atoms with van der Waals surface area (Å²) in [5, 5.41) is 0. The molecule has 0 saturated carbocycles. The number of ether oxygens (including phenoxy) is 1. The van der Waals surface area contributed by atoms with Crippen LogP contribution in [0.1, 0.15) is 12.8 Å². The number of anilines is 2. The highest BCUT2D eigenvalue weighted by Crippen LogP contribution is 2.24. The average molecular weight is 284 g/mol. The molecule has 1 unspecified atom stereocenters. The zero-order valence-electron chi connectivity index (χ0n) is 12.2. The van der Waals surface area contributed by atoms with Crippen molar-refractivity contribution in [2.75, 3.05) is 30.8 Å². The summed E-state index contributed by atoms with van der Waals surface area (Å²) < 4.78 is 5.47. The maximum absolute atomic E-state index is 5.96. The van der Waals surface area contributed by atoms with Gasteiger partial charge in [0.2, 0.25) is 0 Å². The van der Waals surface area contributed by atoms with E-state index in [1.54, 1.807) is 7.11 Å².